The molecular formula is C17H13Cl2N3O3S2. The van der Waals surface area contributed by atoms with Gasteiger partial charge in [-0.3, -0.25) is 9.52 Å². The molecule has 0 atom stereocenters. The molecular weight excluding hydrogens is 429 g/mol. The van der Waals surface area contributed by atoms with Gasteiger partial charge in [0.2, 0.25) is 5.91 Å². The average molecular weight is 442 g/mol. The second kappa shape index (κ2) is 7.85. The standard InChI is InChI=1S/C17H13Cl2N3O3S2/c1-10(23)20-12-3-5-13(6-4-12)27(24,25)22-17-21-16(9-26-17)14-7-2-11(18)8-15(14)19/h2-9H,1H3,(H,20,23)(H,21,22). The van der Waals surface area contributed by atoms with Crippen LogP contribution in [0.4, 0.5) is 10.8 Å². The number of halogens is 2. The first-order valence-electron chi connectivity index (χ1n) is 7.56. The minimum Gasteiger partial charge on any atom is -0.326 e. The van der Waals surface area contributed by atoms with Crippen LogP contribution in [0, 0.1) is 0 Å². The van der Waals surface area contributed by atoms with E-state index in [9.17, 15) is 13.2 Å². The molecule has 1 heterocycles. The molecule has 0 radical (unpaired) electrons. The van der Waals surface area contributed by atoms with Crippen molar-refractivity contribution in [2.45, 2.75) is 11.8 Å². The number of amides is 1. The fourth-order valence-electron chi connectivity index (χ4n) is 2.24. The maximum atomic E-state index is 12.5. The van der Waals surface area contributed by atoms with E-state index in [1.54, 1.807) is 23.6 Å². The maximum absolute atomic E-state index is 12.5. The SMILES string of the molecule is CC(=O)Nc1ccc(S(=O)(=O)Nc2nc(-c3ccc(Cl)cc3Cl)cs2)cc1. The van der Waals surface area contributed by atoms with E-state index in [4.69, 9.17) is 23.2 Å². The van der Waals surface area contributed by atoms with Crippen LogP contribution in [-0.4, -0.2) is 19.3 Å². The van der Waals surface area contributed by atoms with Crippen LogP contribution >= 0.6 is 34.5 Å². The Labute approximate surface area is 170 Å². The second-order valence-electron chi connectivity index (χ2n) is 5.47. The largest absolute Gasteiger partial charge is 0.326 e. The summed E-state index contributed by atoms with van der Waals surface area (Å²) in [4.78, 5) is 15.4. The summed E-state index contributed by atoms with van der Waals surface area (Å²) in [7, 11) is -3.81. The maximum Gasteiger partial charge on any atom is 0.263 e. The van der Waals surface area contributed by atoms with E-state index in [2.05, 4.69) is 15.0 Å². The Hall–Kier alpha value is -2.13. The Morgan fingerprint density at radius 2 is 1.81 bits per heavy atom. The lowest BCUT2D eigenvalue weighted by Gasteiger charge is -2.07. The third-order valence-corrected chi connectivity index (χ3v) is 6.21. The summed E-state index contributed by atoms with van der Waals surface area (Å²) in [6.07, 6.45) is 0. The summed E-state index contributed by atoms with van der Waals surface area (Å²) >= 11 is 13.2. The Balaban J connectivity index is 1.80. The van der Waals surface area contributed by atoms with E-state index in [1.807, 2.05) is 0 Å². The topological polar surface area (TPSA) is 88.2 Å². The number of thiazole rings is 1. The van der Waals surface area contributed by atoms with E-state index in [1.165, 1.54) is 31.2 Å². The van der Waals surface area contributed by atoms with E-state index in [0.29, 0.717) is 27.0 Å². The second-order valence-corrected chi connectivity index (χ2v) is 8.86. The highest BCUT2D eigenvalue weighted by Gasteiger charge is 2.17. The van der Waals surface area contributed by atoms with E-state index in [0.717, 1.165) is 11.3 Å². The van der Waals surface area contributed by atoms with Crippen molar-refractivity contribution in [3.05, 3.63) is 57.9 Å². The molecule has 6 nitrogen and oxygen atoms in total. The fourth-order valence-corrected chi connectivity index (χ4v) is 4.70. The van der Waals surface area contributed by atoms with Crippen LogP contribution < -0.4 is 10.0 Å². The van der Waals surface area contributed by atoms with Crippen molar-refractivity contribution in [2.24, 2.45) is 0 Å². The summed E-state index contributed by atoms with van der Waals surface area (Å²) < 4.78 is 27.5. The van der Waals surface area contributed by atoms with Gasteiger partial charge in [-0.05, 0) is 42.5 Å². The van der Waals surface area contributed by atoms with Gasteiger partial charge in [0, 0.05) is 28.6 Å². The molecule has 27 heavy (non-hydrogen) atoms. The number of hydrogen-bond donors (Lipinski definition) is 2. The minimum absolute atomic E-state index is 0.0536. The number of carbonyl (C=O) groups is 1. The molecule has 140 valence electrons. The van der Waals surface area contributed by atoms with Crippen LogP contribution in [0.2, 0.25) is 10.0 Å². The highest BCUT2D eigenvalue weighted by atomic mass is 35.5. The molecule has 3 aromatic rings. The van der Waals surface area contributed by atoms with Crippen LogP contribution in [0.25, 0.3) is 11.3 Å². The van der Waals surface area contributed by atoms with Gasteiger partial charge in [0.25, 0.3) is 10.0 Å². The van der Waals surface area contributed by atoms with Gasteiger partial charge in [-0.2, -0.15) is 0 Å². The van der Waals surface area contributed by atoms with Gasteiger partial charge in [0.1, 0.15) is 0 Å². The van der Waals surface area contributed by atoms with Crippen LogP contribution in [0.5, 0.6) is 0 Å². The predicted molar refractivity (Wildman–Crippen MR) is 109 cm³/mol. The van der Waals surface area contributed by atoms with Gasteiger partial charge in [-0.25, -0.2) is 13.4 Å². The van der Waals surface area contributed by atoms with Gasteiger partial charge >= 0.3 is 0 Å². The number of nitrogens with zero attached hydrogens (tertiary/aromatic N) is 1. The van der Waals surface area contributed by atoms with Crippen molar-refractivity contribution in [1.29, 1.82) is 0 Å². The number of hydrogen-bond acceptors (Lipinski definition) is 5. The molecule has 0 fully saturated rings. The predicted octanol–water partition coefficient (Wildman–Crippen LogP) is 4.88. The average Bonchev–Trinajstić information content (AvgIpc) is 3.02. The van der Waals surface area contributed by atoms with Crippen molar-refractivity contribution >= 4 is 61.3 Å². The van der Waals surface area contributed by atoms with Crippen LogP contribution in [0.3, 0.4) is 0 Å². The number of aromatic nitrogens is 1. The lowest BCUT2D eigenvalue weighted by atomic mass is 10.2. The Bertz CT molecular complexity index is 1100. The van der Waals surface area contributed by atoms with Crippen molar-refractivity contribution < 1.29 is 13.2 Å². The van der Waals surface area contributed by atoms with Crippen molar-refractivity contribution in [3.8, 4) is 11.3 Å². The molecule has 0 saturated heterocycles. The molecule has 0 aliphatic carbocycles. The molecule has 2 N–H and O–H groups in total. The van der Waals surface area contributed by atoms with Gasteiger partial charge in [0.05, 0.1) is 15.6 Å². The zero-order valence-electron chi connectivity index (χ0n) is 13.9. The van der Waals surface area contributed by atoms with E-state index in [-0.39, 0.29) is 15.9 Å². The third kappa shape index (κ3) is 4.78. The highest BCUT2D eigenvalue weighted by Crippen LogP contribution is 2.33. The molecule has 1 aromatic heterocycles. The quantitative estimate of drug-likeness (QED) is 0.590. The van der Waals surface area contributed by atoms with Gasteiger partial charge in [-0.1, -0.05) is 23.2 Å². The molecule has 0 bridgehead atoms. The van der Waals surface area contributed by atoms with Crippen LogP contribution in [0.1, 0.15) is 6.92 Å². The van der Waals surface area contributed by atoms with E-state index < -0.39 is 10.0 Å². The normalized spacial score (nSPS) is 11.2. The molecule has 1 amide bonds. The molecule has 0 spiro atoms. The van der Waals surface area contributed by atoms with Gasteiger partial charge in [-0.15, -0.1) is 11.3 Å². The highest BCUT2D eigenvalue weighted by molar-refractivity contribution is 7.93. The minimum atomic E-state index is -3.81. The molecule has 0 saturated carbocycles. The van der Waals surface area contributed by atoms with Crippen molar-refractivity contribution in [3.63, 3.8) is 0 Å². The summed E-state index contributed by atoms with van der Waals surface area (Å²) in [5.74, 6) is -0.236. The lowest BCUT2D eigenvalue weighted by Crippen LogP contribution is -2.13. The lowest BCUT2D eigenvalue weighted by molar-refractivity contribution is -0.114. The number of rotatable bonds is 5. The van der Waals surface area contributed by atoms with Crippen molar-refractivity contribution in [1.82, 2.24) is 4.98 Å². The smallest absolute Gasteiger partial charge is 0.263 e. The summed E-state index contributed by atoms with van der Waals surface area (Å²) in [5.41, 5.74) is 1.71. The summed E-state index contributed by atoms with van der Waals surface area (Å²) in [6.45, 7) is 1.37. The van der Waals surface area contributed by atoms with E-state index >= 15 is 0 Å². The Morgan fingerprint density at radius 1 is 1.11 bits per heavy atom. The Morgan fingerprint density at radius 3 is 2.44 bits per heavy atom. The molecule has 10 heteroatoms. The zero-order chi connectivity index (χ0) is 19.6. The summed E-state index contributed by atoms with van der Waals surface area (Å²) in [6, 6.07) is 10.8. The van der Waals surface area contributed by atoms with Gasteiger partial charge in [0.15, 0.2) is 5.13 Å². The number of benzene rings is 2. The number of anilines is 2. The molecule has 0 aliphatic heterocycles. The summed E-state index contributed by atoms with van der Waals surface area (Å²) in [5, 5.41) is 5.42. The Kier molecular flexibility index (Phi) is 5.71. The molecule has 0 unspecified atom stereocenters. The fraction of sp³-hybridized carbons (Fsp3) is 0.0588. The number of sulfonamides is 1. The number of nitrogens with one attached hydrogen (secondary N) is 2. The molecule has 3 rings (SSSR count). The monoisotopic (exact) mass is 441 g/mol. The van der Waals surface area contributed by atoms with Crippen LogP contribution in [-0.2, 0) is 14.8 Å². The first kappa shape index (κ1) is 19.6. The number of carbonyl (C=O) groups excluding carboxylic acids is 1. The first-order valence-corrected chi connectivity index (χ1v) is 10.7. The zero-order valence-corrected chi connectivity index (χ0v) is 17.0. The van der Waals surface area contributed by atoms with Crippen LogP contribution in [0.15, 0.2) is 52.7 Å². The third-order valence-electron chi connectivity index (χ3n) is 3.42. The van der Waals surface area contributed by atoms with Gasteiger partial charge < -0.3 is 5.32 Å². The first-order chi connectivity index (χ1) is 12.7. The molecule has 0 aliphatic rings. The van der Waals surface area contributed by atoms with Crippen molar-refractivity contribution in [2.75, 3.05) is 10.0 Å². The molecule has 2 aromatic carbocycles.